The summed E-state index contributed by atoms with van der Waals surface area (Å²) < 4.78 is 39.9. The minimum absolute atomic E-state index is 0.271. The summed E-state index contributed by atoms with van der Waals surface area (Å²) in [5.41, 5.74) is 0. The molecule has 0 unspecified atom stereocenters. The molecule has 0 saturated heterocycles. The average Bonchev–Trinajstić information content (AvgIpc) is 2.72. The van der Waals surface area contributed by atoms with Crippen LogP contribution in [0.25, 0.3) is 0 Å². The van der Waals surface area contributed by atoms with E-state index in [0.29, 0.717) is 12.6 Å². The van der Waals surface area contributed by atoms with Gasteiger partial charge in [0.1, 0.15) is 10.7 Å². The number of nitrogens with one attached hydrogen (secondary N) is 2. The van der Waals surface area contributed by atoms with Crippen molar-refractivity contribution in [2.75, 3.05) is 13.1 Å². The highest BCUT2D eigenvalue weighted by Gasteiger charge is 2.18. The number of hydrogen-bond acceptors (Lipinski definition) is 3. The predicted molar refractivity (Wildman–Crippen MR) is 81.1 cm³/mol. The fourth-order valence-corrected chi connectivity index (χ4v) is 3.79. The molecule has 0 aliphatic heterocycles. The molecule has 0 aromatic heterocycles. The van der Waals surface area contributed by atoms with Crippen LogP contribution in [-0.4, -0.2) is 27.5 Å². The first kappa shape index (κ1) is 16.4. The highest BCUT2D eigenvalue weighted by atomic mass is 32.2. The molecular formula is C15H23FN2O2S. The van der Waals surface area contributed by atoms with E-state index in [2.05, 4.69) is 10.0 Å². The molecule has 1 saturated carbocycles. The summed E-state index contributed by atoms with van der Waals surface area (Å²) in [7, 11) is -3.77. The molecule has 2 rings (SSSR count). The maximum Gasteiger partial charge on any atom is 0.243 e. The maximum atomic E-state index is 13.5. The third-order valence-electron chi connectivity index (χ3n) is 3.83. The Morgan fingerprint density at radius 3 is 2.38 bits per heavy atom. The third-order valence-corrected chi connectivity index (χ3v) is 5.33. The van der Waals surface area contributed by atoms with Gasteiger partial charge in [0.05, 0.1) is 0 Å². The van der Waals surface area contributed by atoms with Crippen LogP contribution >= 0.6 is 0 Å². The summed E-state index contributed by atoms with van der Waals surface area (Å²) >= 11 is 0. The van der Waals surface area contributed by atoms with Crippen LogP contribution in [0.1, 0.15) is 38.5 Å². The highest BCUT2D eigenvalue weighted by Crippen LogP contribution is 2.17. The second-order valence-electron chi connectivity index (χ2n) is 5.47. The van der Waals surface area contributed by atoms with E-state index in [4.69, 9.17) is 0 Å². The molecule has 0 amide bonds. The van der Waals surface area contributed by atoms with Gasteiger partial charge in [0.25, 0.3) is 0 Å². The Bertz CT molecular complexity index is 540. The number of benzene rings is 1. The molecule has 21 heavy (non-hydrogen) atoms. The lowest BCUT2D eigenvalue weighted by atomic mass is 10.1. The molecule has 6 heteroatoms. The zero-order valence-corrected chi connectivity index (χ0v) is 13.0. The van der Waals surface area contributed by atoms with E-state index in [1.807, 2.05) is 0 Å². The van der Waals surface area contributed by atoms with Crippen LogP contribution in [0.4, 0.5) is 4.39 Å². The van der Waals surface area contributed by atoms with Gasteiger partial charge in [-0.3, -0.25) is 0 Å². The van der Waals surface area contributed by atoms with Gasteiger partial charge in [-0.25, -0.2) is 17.5 Å². The van der Waals surface area contributed by atoms with Crippen molar-refractivity contribution in [3.05, 3.63) is 30.1 Å². The van der Waals surface area contributed by atoms with E-state index in [1.54, 1.807) is 0 Å². The summed E-state index contributed by atoms with van der Waals surface area (Å²) in [6.07, 6.45) is 7.35. The molecule has 1 aromatic rings. The number of rotatable bonds is 6. The molecule has 1 aliphatic rings. The molecule has 0 spiro atoms. The van der Waals surface area contributed by atoms with Gasteiger partial charge in [-0.05, 0) is 25.0 Å². The Kier molecular flexibility index (Phi) is 6.14. The van der Waals surface area contributed by atoms with Gasteiger partial charge in [-0.15, -0.1) is 0 Å². The lowest BCUT2D eigenvalue weighted by molar-refractivity contribution is 0.461. The number of hydrogen-bond donors (Lipinski definition) is 2. The Hall–Kier alpha value is -0.980. The van der Waals surface area contributed by atoms with Gasteiger partial charge in [0.15, 0.2) is 0 Å². The summed E-state index contributed by atoms with van der Waals surface area (Å²) in [4.78, 5) is -0.292. The molecular weight excluding hydrogens is 291 g/mol. The van der Waals surface area contributed by atoms with Crippen LogP contribution in [0.2, 0.25) is 0 Å². The quantitative estimate of drug-likeness (QED) is 0.626. The monoisotopic (exact) mass is 314 g/mol. The highest BCUT2D eigenvalue weighted by molar-refractivity contribution is 7.89. The first-order valence-corrected chi connectivity index (χ1v) is 9.05. The number of halogens is 1. The molecule has 1 fully saturated rings. The van der Waals surface area contributed by atoms with Gasteiger partial charge in [-0.1, -0.05) is 37.8 Å². The van der Waals surface area contributed by atoms with Gasteiger partial charge >= 0.3 is 0 Å². The predicted octanol–water partition coefficient (Wildman–Crippen LogP) is 2.42. The zero-order valence-electron chi connectivity index (χ0n) is 12.1. The van der Waals surface area contributed by atoms with Crippen molar-refractivity contribution >= 4 is 10.0 Å². The van der Waals surface area contributed by atoms with Crippen LogP contribution in [0.5, 0.6) is 0 Å². The minimum atomic E-state index is -3.77. The van der Waals surface area contributed by atoms with E-state index < -0.39 is 15.8 Å². The van der Waals surface area contributed by atoms with Gasteiger partial charge < -0.3 is 5.32 Å². The molecule has 118 valence electrons. The van der Waals surface area contributed by atoms with Crippen molar-refractivity contribution < 1.29 is 12.8 Å². The van der Waals surface area contributed by atoms with Crippen molar-refractivity contribution in [2.24, 2.45) is 0 Å². The first-order chi connectivity index (χ1) is 10.1. The van der Waals surface area contributed by atoms with E-state index in [0.717, 1.165) is 18.9 Å². The Labute approximate surface area is 126 Å². The second kappa shape index (κ2) is 7.87. The fraction of sp³-hybridized carbons (Fsp3) is 0.600. The molecule has 1 aromatic carbocycles. The Morgan fingerprint density at radius 2 is 1.71 bits per heavy atom. The molecule has 1 aliphatic carbocycles. The van der Waals surface area contributed by atoms with Crippen molar-refractivity contribution in [3.63, 3.8) is 0 Å². The third kappa shape index (κ3) is 5.05. The largest absolute Gasteiger partial charge is 0.313 e. The van der Waals surface area contributed by atoms with Crippen molar-refractivity contribution in [1.29, 1.82) is 0 Å². The van der Waals surface area contributed by atoms with Crippen LogP contribution in [0.3, 0.4) is 0 Å². The van der Waals surface area contributed by atoms with E-state index in [9.17, 15) is 12.8 Å². The second-order valence-corrected chi connectivity index (χ2v) is 7.21. The van der Waals surface area contributed by atoms with Gasteiger partial charge in [0.2, 0.25) is 10.0 Å². The molecule has 0 heterocycles. The van der Waals surface area contributed by atoms with Crippen molar-refractivity contribution in [1.82, 2.24) is 10.0 Å². The van der Waals surface area contributed by atoms with Crippen molar-refractivity contribution in [2.45, 2.75) is 49.5 Å². The van der Waals surface area contributed by atoms with Crippen LogP contribution < -0.4 is 10.0 Å². The van der Waals surface area contributed by atoms with Gasteiger partial charge in [0, 0.05) is 19.1 Å². The zero-order chi connectivity index (χ0) is 15.1. The van der Waals surface area contributed by atoms with Crippen LogP contribution in [0, 0.1) is 5.82 Å². The molecule has 2 N–H and O–H groups in total. The lowest BCUT2D eigenvalue weighted by Crippen LogP contribution is -2.37. The molecule has 0 atom stereocenters. The van der Waals surface area contributed by atoms with E-state index >= 15 is 0 Å². The SMILES string of the molecule is O=S(=O)(NCCNC1CCCCCC1)c1ccccc1F. The minimum Gasteiger partial charge on any atom is -0.313 e. The van der Waals surface area contributed by atoms with Crippen molar-refractivity contribution in [3.8, 4) is 0 Å². The summed E-state index contributed by atoms with van der Waals surface area (Å²) in [6.45, 7) is 0.839. The van der Waals surface area contributed by atoms with E-state index in [1.165, 1.54) is 43.9 Å². The van der Waals surface area contributed by atoms with E-state index in [-0.39, 0.29) is 11.4 Å². The topological polar surface area (TPSA) is 58.2 Å². The lowest BCUT2D eigenvalue weighted by Gasteiger charge is -2.16. The Balaban J connectivity index is 1.78. The first-order valence-electron chi connectivity index (χ1n) is 7.57. The number of sulfonamides is 1. The average molecular weight is 314 g/mol. The summed E-state index contributed by atoms with van der Waals surface area (Å²) in [5.74, 6) is -0.721. The molecule has 0 radical (unpaired) electrons. The van der Waals surface area contributed by atoms with Crippen LogP contribution in [0.15, 0.2) is 29.2 Å². The summed E-state index contributed by atoms with van der Waals surface area (Å²) in [5, 5.41) is 3.38. The smallest absolute Gasteiger partial charge is 0.243 e. The molecule has 4 nitrogen and oxygen atoms in total. The van der Waals surface area contributed by atoms with Crippen LogP contribution in [-0.2, 0) is 10.0 Å². The normalized spacial score (nSPS) is 17.6. The summed E-state index contributed by atoms with van der Waals surface area (Å²) in [6, 6.07) is 5.89. The standard InChI is InChI=1S/C15H23FN2O2S/c16-14-9-5-6-10-15(14)21(19,20)18-12-11-17-13-7-3-1-2-4-8-13/h5-6,9-10,13,17-18H,1-4,7-8,11-12H2. The maximum absolute atomic E-state index is 13.5. The Morgan fingerprint density at radius 1 is 1.05 bits per heavy atom. The fourth-order valence-electron chi connectivity index (χ4n) is 2.69. The van der Waals surface area contributed by atoms with Gasteiger partial charge in [-0.2, -0.15) is 0 Å². The molecule has 0 bridgehead atoms.